The van der Waals surface area contributed by atoms with Crippen LogP contribution in [0.15, 0.2) is 42.5 Å². The Hall–Kier alpha value is -2.45. The smallest absolute Gasteiger partial charge is 0.244 e. The van der Waals surface area contributed by atoms with Gasteiger partial charge >= 0.3 is 0 Å². The van der Waals surface area contributed by atoms with Crippen LogP contribution in [0.4, 0.5) is 5.69 Å². The number of ether oxygens (including phenoxy) is 2. The fraction of sp³-hybridized carbons (Fsp3) is 0.350. The third kappa shape index (κ3) is 4.94. The minimum Gasteiger partial charge on any atom is -0.486 e. The van der Waals surface area contributed by atoms with Gasteiger partial charge in [-0.05, 0) is 55.8 Å². The molecule has 9 heteroatoms. The predicted octanol–water partition coefficient (Wildman–Crippen LogP) is 3.14. The number of hydrogen-bond donors (Lipinski definition) is 1. The molecule has 2 aromatic carbocycles. The Morgan fingerprint density at radius 1 is 1.07 bits per heavy atom. The lowest BCUT2D eigenvalue weighted by Crippen LogP contribution is -2.48. The third-order valence-electron chi connectivity index (χ3n) is 4.59. The number of hydrogen-bond acceptors (Lipinski definition) is 5. The summed E-state index contributed by atoms with van der Waals surface area (Å²) in [7, 11) is -3.69. The Kier molecular flexibility index (Phi) is 6.24. The van der Waals surface area contributed by atoms with Gasteiger partial charge in [0, 0.05) is 5.02 Å². The highest BCUT2D eigenvalue weighted by Crippen LogP contribution is 2.32. The number of benzene rings is 2. The summed E-state index contributed by atoms with van der Waals surface area (Å²) in [4.78, 5) is 12.8. The molecule has 2 atom stereocenters. The topological polar surface area (TPSA) is 84.9 Å². The van der Waals surface area contributed by atoms with E-state index in [0.29, 0.717) is 35.4 Å². The van der Waals surface area contributed by atoms with Gasteiger partial charge in [-0.15, -0.1) is 0 Å². The van der Waals surface area contributed by atoms with Crippen LogP contribution in [0.1, 0.15) is 25.5 Å². The van der Waals surface area contributed by atoms with E-state index in [9.17, 15) is 13.2 Å². The van der Waals surface area contributed by atoms with Gasteiger partial charge in [-0.3, -0.25) is 9.10 Å². The maximum Gasteiger partial charge on any atom is 0.244 e. The highest BCUT2D eigenvalue weighted by Gasteiger charge is 2.30. The number of carbonyl (C=O) groups is 1. The molecule has 0 bridgehead atoms. The Morgan fingerprint density at radius 3 is 2.31 bits per heavy atom. The van der Waals surface area contributed by atoms with Gasteiger partial charge in [0.2, 0.25) is 15.9 Å². The van der Waals surface area contributed by atoms with E-state index in [-0.39, 0.29) is 6.04 Å². The standard InChI is InChI=1S/C20H23ClN2O5S/c1-13(15-4-9-18-19(12-15)28-11-10-27-18)22-20(24)14(2)23(29(3,25)26)17-7-5-16(21)6-8-17/h4-9,12-14H,10-11H2,1-3H3,(H,22,24)/t13-,14-/m0/s1. The normalized spacial score (nSPS) is 15.3. The van der Waals surface area contributed by atoms with Gasteiger partial charge in [-0.25, -0.2) is 8.42 Å². The van der Waals surface area contributed by atoms with Crippen LogP contribution in [0.3, 0.4) is 0 Å². The second-order valence-corrected chi connectivity index (χ2v) is 9.14. The number of nitrogens with zero attached hydrogens (tertiary/aromatic N) is 1. The number of amides is 1. The average Bonchev–Trinajstić information content (AvgIpc) is 2.68. The molecule has 3 rings (SSSR count). The van der Waals surface area contributed by atoms with Gasteiger partial charge in [0.15, 0.2) is 11.5 Å². The molecular formula is C20H23ClN2O5S. The Morgan fingerprint density at radius 2 is 1.69 bits per heavy atom. The zero-order chi connectivity index (χ0) is 21.2. The molecule has 1 amide bonds. The van der Waals surface area contributed by atoms with Crippen molar-refractivity contribution >= 4 is 33.2 Å². The number of fused-ring (bicyclic) bond motifs is 1. The van der Waals surface area contributed by atoms with E-state index >= 15 is 0 Å². The predicted molar refractivity (Wildman–Crippen MR) is 112 cm³/mol. The lowest BCUT2D eigenvalue weighted by molar-refractivity contribution is -0.122. The molecule has 1 heterocycles. The molecule has 156 valence electrons. The summed E-state index contributed by atoms with van der Waals surface area (Å²) >= 11 is 5.89. The number of nitrogens with one attached hydrogen (secondary N) is 1. The molecule has 2 aromatic rings. The van der Waals surface area contributed by atoms with Crippen LogP contribution in [0, 0.1) is 0 Å². The zero-order valence-corrected chi connectivity index (χ0v) is 18.0. The van der Waals surface area contributed by atoms with Crippen LogP contribution < -0.4 is 19.1 Å². The van der Waals surface area contributed by atoms with Crippen molar-refractivity contribution in [2.45, 2.75) is 25.9 Å². The number of sulfonamides is 1. The second-order valence-electron chi connectivity index (χ2n) is 6.84. The number of anilines is 1. The minimum atomic E-state index is -3.69. The van der Waals surface area contributed by atoms with Crippen molar-refractivity contribution < 1.29 is 22.7 Å². The summed E-state index contributed by atoms with van der Waals surface area (Å²) < 4.78 is 36.9. The van der Waals surface area contributed by atoms with Gasteiger partial charge < -0.3 is 14.8 Å². The minimum absolute atomic E-state index is 0.354. The Labute approximate surface area is 175 Å². The van der Waals surface area contributed by atoms with E-state index in [1.165, 1.54) is 0 Å². The fourth-order valence-corrected chi connectivity index (χ4v) is 4.44. The SMILES string of the molecule is C[C@H](NC(=O)[C@H](C)N(c1ccc(Cl)cc1)S(C)(=O)=O)c1ccc2c(c1)OCCO2. The van der Waals surface area contributed by atoms with Crippen LogP contribution in [0.25, 0.3) is 0 Å². The second kappa shape index (κ2) is 8.51. The van der Waals surface area contributed by atoms with Crippen molar-refractivity contribution in [3.05, 3.63) is 53.1 Å². The molecular weight excluding hydrogens is 416 g/mol. The quantitative estimate of drug-likeness (QED) is 0.748. The first kappa shape index (κ1) is 21.3. The first-order valence-electron chi connectivity index (χ1n) is 9.11. The first-order valence-corrected chi connectivity index (χ1v) is 11.3. The molecule has 0 spiro atoms. The maximum absolute atomic E-state index is 12.8. The van der Waals surface area contributed by atoms with Gasteiger partial charge in [-0.1, -0.05) is 17.7 Å². The van der Waals surface area contributed by atoms with Crippen LogP contribution in [0.2, 0.25) is 5.02 Å². The van der Waals surface area contributed by atoms with E-state index in [2.05, 4.69) is 5.32 Å². The summed E-state index contributed by atoms with van der Waals surface area (Å²) in [6.45, 7) is 4.34. The molecule has 0 saturated heterocycles. The van der Waals surface area contributed by atoms with E-state index in [1.807, 2.05) is 19.1 Å². The molecule has 1 aliphatic heterocycles. The third-order valence-corrected chi connectivity index (χ3v) is 6.09. The van der Waals surface area contributed by atoms with Gasteiger partial charge in [-0.2, -0.15) is 0 Å². The van der Waals surface area contributed by atoms with Crippen molar-refractivity contribution in [1.29, 1.82) is 0 Å². The lowest BCUT2D eigenvalue weighted by atomic mass is 10.1. The van der Waals surface area contributed by atoms with Gasteiger partial charge in [0.25, 0.3) is 0 Å². The molecule has 1 N–H and O–H groups in total. The maximum atomic E-state index is 12.8. The summed E-state index contributed by atoms with van der Waals surface area (Å²) in [5, 5.41) is 3.35. The summed E-state index contributed by atoms with van der Waals surface area (Å²) in [5.41, 5.74) is 1.19. The molecule has 0 fully saturated rings. The van der Waals surface area contributed by atoms with E-state index < -0.39 is 22.0 Å². The monoisotopic (exact) mass is 438 g/mol. The summed E-state index contributed by atoms with van der Waals surface area (Å²) in [6, 6.07) is 10.4. The van der Waals surface area contributed by atoms with E-state index in [1.54, 1.807) is 37.3 Å². The van der Waals surface area contributed by atoms with Gasteiger partial charge in [0.1, 0.15) is 19.3 Å². The van der Waals surface area contributed by atoms with Crippen LogP contribution in [-0.4, -0.2) is 39.8 Å². The summed E-state index contributed by atoms with van der Waals surface area (Å²) in [5.74, 6) is 0.868. The lowest BCUT2D eigenvalue weighted by Gasteiger charge is -2.29. The molecule has 0 unspecified atom stereocenters. The molecule has 0 radical (unpaired) electrons. The van der Waals surface area contributed by atoms with Crippen molar-refractivity contribution in [2.24, 2.45) is 0 Å². The fourth-order valence-electron chi connectivity index (χ4n) is 3.14. The van der Waals surface area contributed by atoms with Crippen molar-refractivity contribution in [3.63, 3.8) is 0 Å². The molecule has 0 saturated carbocycles. The molecule has 0 aliphatic carbocycles. The van der Waals surface area contributed by atoms with Crippen LogP contribution in [-0.2, 0) is 14.8 Å². The molecule has 29 heavy (non-hydrogen) atoms. The Bertz CT molecular complexity index is 994. The van der Waals surface area contributed by atoms with Crippen LogP contribution in [0.5, 0.6) is 11.5 Å². The van der Waals surface area contributed by atoms with Crippen molar-refractivity contribution in [1.82, 2.24) is 5.32 Å². The largest absolute Gasteiger partial charge is 0.486 e. The highest BCUT2D eigenvalue weighted by molar-refractivity contribution is 7.92. The van der Waals surface area contributed by atoms with Crippen molar-refractivity contribution in [3.8, 4) is 11.5 Å². The first-order chi connectivity index (χ1) is 13.7. The number of rotatable bonds is 6. The molecule has 7 nitrogen and oxygen atoms in total. The average molecular weight is 439 g/mol. The number of halogens is 1. The van der Waals surface area contributed by atoms with E-state index in [0.717, 1.165) is 16.1 Å². The van der Waals surface area contributed by atoms with E-state index in [4.69, 9.17) is 21.1 Å². The summed E-state index contributed by atoms with van der Waals surface area (Å²) in [6.07, 6.45) is 1.07. The Balaban J connectivity index is 1.78. The number of carbonyl (C=O) groups excluding carboxylic acids is 1. The van der Waals surface area contributed by atoms with Gasteiger partial charge in [0.05, 0.1) is 18.0 Å². The molecule has 0 aromatic heterocycles. The van der Waals surface area contributed by atoms with Crippen molar-refractivity contribution in [2.75, 3.05) is 23.8 Å². The van der Waals surface area contributed by atoms with Crippen LogP contribution >= 0.6 is 11.6 Å². The molecule has 1 aliphatic rings. The zero-order valence-electron chi connectivity index (χ0n) is 16.4. The highest BCUT2D eigenvalue weighted by atomic mass is 35.5.